The third-order valence-electron chi connectivity index (χ3n) is 2.83. The Morgan fingerprint density at radius 3 is 2.95 bits per heavy atom. The van der Waals surface area contributed by atoms with Gasteiger partial charge in [-0.1, -0.05) is 6.08 Å². The third-order valence-corrected chi connectivity index (χ3v) is 2.83. The number of allylic oxidation sites excluding steroid dienone is 1. The number of aromatic hydroxyl groups is 1. The molecule has 0 amide bonds. The maximum atomic E-state index is 9.34. The van der Waals surface area contributed by atoms with Crippen LogP contribution in [-0.4, -0.2) is 26.3 Å². The molecule has 0 aliphatic rings. The van der Waals surface area contributed by atoms with Crippen LogP contribution in [0.2, 0.25) is 0 Å². The van der Waals surface area contributed by atoms with Gasteiger partial charge in [0.05, 0.1) is 29.0 Å². The number of phenols is 1. The van der Waals surface area contributed by atoms with E-state index in [-0.39, 0.29) is 11.9 Å². The van der Waals surface area contributed by atoms with E-state index < -0.39 is 0 Å². The molecule has 0 saturated carbocycles. The Balaban J connectivity index is 2.01. The number of aliphatic hydroxyl groups excluding tert-OH is 1. The van der Waals surface area contributed by atoms with Gasteiger partial charge in [-0.2, -0.15) is 0 Å². The van der Waals surface area contributed by atoms with Crippen LogP contribution >= 0.6 is 0 Å². The van der Waals surface area contributed by atoms with Gasteiger partial charge >= 0.3 is 0 Å². The van der Waals surface area contributed by atoms with Crippen LogP contribution in [0.1, 0.15) is 31.9 Å². The number of benzene rings is 1. The van der Waals surface area contributed by atoms with Crippen molar-refractivity contribution in [1.29, 1.82) is 0 Å². The van der Waals surface area contributed by atoms with Crippen molar-refractivity contribution in [2.24, 2.45) is 0 Å². The smallest absolute Gasteiger partial charge is 0.117 e. The molecule has 100 valence electrons. The lowest BCUT2D eigenvalue weighted by atomic mass is 10.1. The standard InChI is InChI=1S/C15H18N2O2/c1-11(18)5-3-2-4-6-12-10-16-15-9-13(19)7-8-14(15)17-12/h4,6-11,18-19H,2-3,5H2,1H3/b6-4+. The molecule has 2 N–H and O–H groups in total. The van der Waals surface area contributed by atoms with Crippen LogP contribution in [-0.2, 0) is 0 Å². The molecule has 0 saturated heterocycles. The molecule has 1 aromatic heterocycles. The van der Waals surface area contributed by atoms with Crippen LogP contribution in [0, 0.1) is 0 Å². The van der Waals surface area contributed by atoms with Crippen LogP contribution < -0.4 is 0 Å². The summed E-state index contributed by atoms with van der Waals surface area (Å²) in [7, 11) is 0. The number of unbranched alkanes of at least 4 members (excludes halogenated alkanes) is 1. The lowest BCUT2D eigenvalue weighted by molar-refractivity contribution is 0.182. The Morgan fingerprint density at radius 2 is 2.16 bits per heavy atom. The molecule has 1 aromatic carbocycles. The van der Waals surface area contributed by atoms with E-state index >= 15 is 0 Å². The highest BCUT2D eigenvalue weighted by molar-refractivity contribution is 5.76. The molecule has 0 bridgehead atoms. The first-order valence-corrected chi connectivity index (χ1v) is 6.45. The molecule has 0 fully saturated rings. The third kappa shape index (κ3) is 4.03. The summed E-state index contributed by atoms with van der Waals surface area (Å²) < 4.78 is 0. The monoisotopic (exact) mass is 258 g/mol. The van der Waals surface area contributed by atoms with Gasteiger partial charge in [-0.05, 0) is 44.4 Å². The number of phenolic OH excluding ortho intramolecular Hbond substituents is 1. The molecule has 4 heteroatoms. The molecule has 1 unspecified atom stereocenters. The van der Waals surface area contributed by atoms with Gasteiger partial charge in [-0.15, -0.1) is 0 Å². The van der Waals surface area contributed by atoms with Gasteiger partial charge in [0.25, 0.3) is 0 Å². The Morgan fingerprint density at radius 1 is 1.32 bits per heavy atom. The quantitative estimate of drug-likeness (QED) is 0.809. The predicted octanol–water partition coefficient (Wildman–Crippen LogP) is 2.90. The second-order valence-corrected chi connectivity index (χ2v) is 4.65. The molecule has 4 nitrogen and oxygen atoms in total. The van der Waals surface area contributed by atoms with E-state index in [2.05, 4.69) is 9.97 Å². The molecule has 0 radical (unpaired) electrons. The molecule has 0 spiro atoms. The lowest BCUT2D eigenvalue weighted by Gasteiger charge is -2.01. The van der Waals surface area contributed by atoms with Gasteiger partial charge < -0.3 is 10.2 Å². The van der Waals surface area contributed by atoms with Gasteiger partial charge in [-0.25, -0.2) is 4.98 Å². The fraction of sp³-hybridized carbons (Fsp3) is 0.333. The summed E-state index contributed by atoms with van der Waals surface area (Å²) in [5.41, 5.74) is 2.26. The summed E-state index contributed by atoms with van der Waals surface area (Å²) >= 11 is 0. The molecular formula is C15H18N2O2. The van der Waals surface area contributed by atoms with Gasteiger partial charge in [-0.3, -0.25) is 4.98 Å². The van der Waals surface area contributed by atoms with E-state index in [4.69, 9.17) is 5.11 Å². The normalized spacial score (nSPS) is 13.2. The molecular weight excluding hydrogens is 240 g/mol. The van der Waals surface area contributed by atoms with Crippen molar-refractivity contribution in [3.8, 4) is 5.75 Å². The highest BCUT2D eigenvalue weighted by Gasteiger charge is 1.99. The minimum Gasteiger partial charge on any atom is -0.508 e. The summed E-state index contributed by atoms with van der Waals surface area (Å²) in [4.78, 5) is 8.69. The molecule has 1 heterocycles. The number of aromatic nitrogens is 2. The van der Waals surface area contributed by atoms with Crippen molar-refractivity contribution in [2.75, 3.05) is 0 Å². The number of aliphatic hydroxyl groups is 1. The lowest BCUT2D eigenvalue weighted by Crippen LogP contribution is -1.97. The van der Waals surface area contributed by atoms with Gasteiger partial charge in [0, 0.05) is 6.07 Å². The topological polar surface area (TPSA) is 66.2 Å². The van der Waals surface area contributed by atoms with Crippen molar-refractivity contribution in [3.05, 3.63) is 36.2 Å². The number of nitrogens with zero attached hydrogens (tertiary/aromatic N) is 2. The average molecular weight is 258 g/mol. The Hall–Kier alpha value is -1.94. The Labute approximate surface area is 112 Å². The first kappa shape index (κ1) is 13.5. The molecule has 0 aliphatic heterocycles. The maximum absolute atomic E-state index is 9.34. The van der Waals surface area contributed by atoms with Crippen molar-refractivity contribution in [1.82, 2.24) is 9.97 Å². The minimum absolute atomic E-state index is 0.197. The Bertz CT molecular complexity index is 579. The molecule has 2 aromatic rings. The van der Waals surface area contributed by atoms with Crippen LogP contribution in [0.5, 0.6) is 5.75 Å². The summed E-state index contributed by atoms with van der Waals surface area (Å²) in [6, 6.07) is 4.95. The largest absolute Gasteiger partial charge is 0.508 e. The Kier molecular flexibility index (Phi) is 4.47. The fourth-order valence-corrected chi connectivity index (χ4v) is 1.83. The van der Waals surface area contributed by atoms with E-state index in [1.807, 2.05) is 12.2 Å². The van der Waals surface area contributed by atoms with E-state index in [1.165, 1.54) is 0 Å². The SMILES string of the molecule is CC(O)CCC/C=C/c1cnc2cc(O)ccc2n1. The summed E-state index contributed by atoms with van der Waals surface area (Å²) in [6.45, 7) is 1.80. The molecule has 19 heavy (non-hydrogen) atoms. The maximum Gasteiger partial charge on any atom is 0.117 e. The predicted molar refractivity (Wildman–Crippen MR) is 75.8 cm³/mol. The zero-order valence-electron chi connectivity index (χ0n) is 11.0. The van der Waals surface area contributed by atoms with E-state index in [0.29, 0.717) is 5.52 Å². The first-order chi connectivity index (χ1) is 9.15. The van der Waals surface area contributed by atoms with Crippen LogP contribution in [0.4, 0.5) is 0 Å². The van der Waals surface area contributed by atoms with Gasteiger partial charge in [0.2, 0.25) is 0 Å². The van der Waals surface area contributed by atoms with E-state index in [0.717, 1.165) is 30.5 Å². The average Bonchev–Trinajstić information content (AvgIpc) is 2.38. The minimum atomic E-state index is -0.235. The zero-order valence-corrected chi connectivity index (χ0v) is 11.0. The summed E-state index contributed by atoms with van der Waals surface area (Å²) in [5, 5.41) is 18.5. The number of hydrogen-bond acceptors (Lipinski definition) is 4. The summed E-state index contributed by atoms with van der Waals surface area (Å²) in [5.74, 6) is 0.197. The van der Waals surface area contributed by atoms with Crippen molar-refractivity contribution >= 4 is 17.1 Å². The first-order valence-electron chi connectivity index (χ1n) is 6.45. The number of fused-ring (bicyclic) bond motifs is 1. The van der Waals surface area contributed by atoms with E-state index in [9.17, 15) is 5.11 Å². The zero-order chi connectivity index (χ0) is 13.7. The van der Waals surface area contributed by atoms with E-state index in [1.54, 1.807) is 31.3 Å². The summed E-state index contributed by atoms with van der Waals surface area (Å²) in [6.07, 6.45) is 8.12. The van der Waals surface area contributed by atoms with Crippen LogP contribution in [0.15, 0.2) is 30.5 Å². The number of hydrogen-bond donors (Lipinski definition) is 2. The highest BCUT2D eigenvalue weighted by Crippen LogP contribution is 2.16. The molecule has 1 atom stereocenters. The molecule has 2 rings (SSSR count). The van der Waals surface area contributed by atoms with Crippen LogP contribution in [0.25, 0.3) is 17.1 Å². The van der Waals surface area contributed by atoms with Crippen molar-refractivity contribution in [3.63, 3.8) is 0 Å². The fourth-order valence-electron chi connectivity index (χ4n) is 1.83. The molecule has 0 aliphatic carbocycles. The number of rotatable bonds is 5. The highest BCUT2D eigenvalue weighted by atomic mass is 16.3. The second kappa shape index (κ2) is 6.29. The van der Waals surface area contributed by atoms with Gasteiger partial charge in [0.1, 0.15) is 5.75 Å². The van der Waals surface area contributed by atoms with Crippen LogP contribution in [0.3, 0.4) is 0 Å². The van der Waals surface area contributed by atoms with Crippen molar-refractivity contribution < 1.29 is 10.2 Å². The van der Waals surface area contributed by atoms with Gasteiger partial charge in [0.15, 0.2) is 0 Å². The second-order valence-electron chi connectivity index (χ2n) is 4.65. The van der Waals surface area contributed by atoms with Crippen molar-refractivity contribution in [2.45, 2.75) is 32.3 Å².